The molecule has 0 bridgehead atoms. The Morgan fingerprint density at radius 3 is 2.30 bits per heavy atom. The molecule has 5 heteroatoms. The molecule has 1 aromatic carbocycles. The average molecular weight is 276 g/mol. The second-order valence-corrected chi connectivity index (χ2v) is 5.07. The Morgan fingerprint density at radius 2 is 1.70 bits per heavy atom. The number of carboxylic acids is 1. The van der Waals surface area contributed by atoms with Crippen molar-refractivity contribution < 1.29 is 14.7 Å². The van der Waals surface area contributed by atoms with Gasteiger partial charge in [0.15, 0.2) is 0 Å². The van der Waals surface area contributed by atoms with E-state index in [1.165, 1.54) is 11.0 Å². The number of para-hydroxylation sites is 1. The van der Waals surface area contributed by atoms with Crippen LogP contribution in [-0.2, 0) is 0 Å². The molecule has 108 valence electrons. The molecular formula is C15H20N2O3. The van der Waals surface area contributed by atoms with Crippen molar-refractivity contribution in [3.05, 3.63) is 29.8 Å². The topological polar surface area (TPSA) is 60.9 Å². The third-order valence-corrected chi connectivity index (χ3v) is 3.66. The van der Waals surface area contributed by atoms with Gasteiger partial charge in [-0.1, -0.05) is 25.0 Å². The van der Waals surface area contributed by atoms with Crippen LogP contribution in [0.15, 0.2) is 24.3 Å². The Balaban J connectivity index is 2.19. The number of carboxylic acid groups (broad SMARTS) is 1. The summed E-state index contributed by atoms with van der Waals surface area (Å²) in [6, 6.07) is 6.47. The first-order chi connectivity index (χ1) is 9.61. The van der Waals surface area contributed by atoms with E-state index in [9.17, 15) is 14.7 Å². The van der Waals surface area contributed by atoms with Crippen molar-refractivity contribution in [2.45, 2.75) is 25.7 Å². The first kappa shape index (κ1) is 14.4. The molecule has 20 heavy (non-hydrogen) atoms. The summed E-state index contributed by atoms with van der Waals surface area (Å²) in [4.78, 5) is 27.0. The van der Waals surface area contributed by atoms with Crippen LogP contribution in [0.1, 0.15) is 36.0 Å². The lowest BCUT2D eigenvalue weighted by Gasteiger charge is -2.27. The monoisotopic (exact) mass is 276 g/mol. The Morgan fingerprint density at radius 1 is 1.10 bits per heavy atom. The van der Waals surface area contributed by atoms with Crippen LogP contribution in [-0.4, -0.2) is 42.1 Å². The first-order valence-corrected chi connectivity index (χ1v) is 6.96. The highest BCUT2D eigenvalue weighted by atomic mass is 16.4. The lowest BCUT2D eigenvalue weighted by atomic mass is 10.1. The van der Waals surface area contributed by atoms with Gasteiger partial charge in [-0.05, 0) is 25.0 Å². The van der Waals surface area contributed by atoms with Crippen LogP contribution >= 0.6 is 0 Å². The van der Waals surface area contributed by atoms with Gasteiger partial charge in [0.25, 0.3) is 0 Å². The van der Waals surface area contributed by atoms with E-state index in [4.69, 9.17) is 0 Å². The Kier molecular flexibility index (Phi) is 4.61. The lowest BCUT2D eigenvalue weighted by molar-refractivity contribution is 0.0697. The third-order valence-electron chi connectivity index (χ3n) is 3.66. The summed E-state index contributed by atoms with van der Waals surface area (Å²) in [5, 5.41) is 9.20. The van der Waals surface area contributed by atoms with Crippen molar-refractivity contribution in [2.24, 2.45) is 0 Å². The van der Waals surface area contributed by atoms with E-state index < -0.39 is 5.97 Å². The third kappa shape index (κ3) is 3.10. The summed E-state index contributed by atoms with van der Waals surface area (Å²) in [6.07, 6.45) is 4.33. The molecule has 1 saturated heterocycles. The van der Waals surface area contributed by atoms with Gasteiger partial charge in [0.1, 0.15) is 0 Å². The number of aromatic carboxylic acids is 1. The zero-order valence-corrected chi connectivity index (χ0v) is 11.7. The fourth-order valence-corrected chi connectivity index (χ4v) is 2.52. The van der Waals surface area contributed by atoms with Crippen molar-refractivity contribution in [1.29, 1.82) is 0 Å². The van der Waals surface area contributed by atoms with Gasteiger partial charge in [0, 0.05) is 20.1 Å². The molecule has 1 aromatic rings. The molecule has 1 fully saturated rings. The second kappa shape index (κ2) is 6.41. The predicted molar refractivity (Wildman–Crippen MR) is 77.2 cm³/mol. The van der Waals surface area contributed by atoms with Gasteiger partial charge in [0.2, 0.25) is 0 Å². The number of rotatable bonds is 2. The van der Waals surface area contributed by atoms with Crippen molar-refractivity contribution >= 4 is 17.7 Å². The van der Waals surface area contributed by atoms with Crippen LogP contribution in [0, 0.1) is 0 Å². The zero-order valence-electron chi connectivity index (χ0n) is 11.7. The quantitative estimate of drug-likeness (QED) is 0.903. The second-order valence-electron chi connectivity index (χ2n) is 5.07. The maximum atomic E-state index is 12.5. The van der Waals surface area contributed by atoms with E-state index in [1.54, 1.807) is 25.2 Å². The molecule has 0 spiro atoms. The molecule has 0 unspecified atom stereocenters. The normalized spacial score (nSPS) is 15.6. The Bertz CT molecular complexity index is 494. The summed E-state index contributed by atoms with van der Waals surface area (Å²) in [5.74, 6) is -1.02. The number of anilines is 1. The molecule has 0 atom stereocenters. The molecule has 0 radical (unpaired) electrons. The van der Waals surface area contributed by atoms with Gasteiger partial charge in [-0.15, -0.1) is 0 Å². The molecule has 1 N–H and O–H groups in total. The summed E-state index contributed by atoms with van der Waals surface area (Å²) < 4.78 is 0. The lowest BCUT2D eigenvalue weighted by Crippen LogP contribution is -2.42. The molecule has 1 aliphatic rings. The number of carbonyl (C=O) groups excluding carboxylic acids is 1. The van der Waals surface area contributed by atoms with Crippen LogP contribution in [0.25, 0.3) is 0 Å². The highest BCUT2D eigenvalue weighted by molar-refractivity contribution is 6.01. The molecule has 1 heterocycles. The van der Waals surface area contributed by atoms with Crippen LogP contribution in [0.3, 0.4) is 0 Å². The van der Waals surface area contributed by atoms with Crippen LogP contribution in [0.2, 0.25) is 0 Å². The van der Waals surface area contributed by atoms with Crippen molar-refractivity contribution in [3.8, 4) is 0 Å². The van der Waals surface area contributed by atoms with E-state index in [-0.39, 0.29) is 11.6 Å². The van der Waals surface area contributed by atoms with Crippen molar-refractivity contribution in [2.75, 3.05) is 25.0 Å². The number of hydrogen-bond acceptors (Lipinski definition) is 2. The summed E-state index contributed by atoms with van der Waals surface area (Å²) >= 11 is 0. The van der Waals surface area contributed by atoms with Crippen LogP contribution < -0.4 is 4.90 Å². The minimum atomic E-state index is -1.02. The fourth-order valence-electron chi connectivity index (χ4n) is 2.52. The van der Waals surface area contributed by atoms with Crippen molar-refractivity contribution in [1.82, 2.24) is 4.90 Å². The van der Waals surface area contributed by atoms with E-state index in [1.807, 2.05) is 4.90 Å². The molecule has 0 aromatic heterocycles. The number of nitrogens with zero attached hydrogens (tertiary/aromatic N) is 2. The molecule has 0 saturated carbocycles. The minimum absolute atomic E-state index is 0.124. The predicted octanol–water partition coefficient (Wildman–Crippen LogP) is 2.82. The number of likely N-dealkylation sites (tertiary alicyclic amines) is 1. The highest BCUT2D eigenvalue weighted by Crippen LogP contribution is 2.21. The molecule has 5 nitrogen and oxygen atoms in total. The van der Waals surface area contributed by atoms with Gasteiger partial charge < -0.3 is 10.0 Å². The van der Waals surface area contributed by atoms with E-state index in [2.05, 4.69) is 0 Å². The molecule has 0 aliphatic carbocycles. The van der Waals surface area contributed by atoms with Gasteiger partial charge in [-0.25, -0.2) is 9.59 Å². The summed E-state index contributed by atoms with van der Waals surface area (Å²) in [6.45, 7) is 1.50. The number of amides is 2. The van der Waals surface area contributed by atoms with E-state index >= 15 is 0 Å². The van der Waals surface area contributed by atoms with Gasteiger partial charge in [-0.2, -0.15) is 0 Å². The van der Waals surface area contributed by atoms with Gasteiger partial charge in [-0.3, -0.25) is 4.90 Å². The molecule has 2 rings (SSSR count). The summed E-state index contributed by atoms with van der Waals surface area (Å²) in [5.41, 5.74) is 0.590. The number of urea groups is 1. The van der Waals surface area contributed by atoms with Crippen molar-refractivity contribution in [3.63, 3.8) is 0 Å². The van der Waals surface area contributed by atoms with Gasteiger partial charge >= 0.3 is 12.0 Å². The number of carbonyl (C=O) groups is 2. The van der Waals surface area contributed by atoms with E-state index in [0.29, 0.717) is 5.69 Å². The molecular weight excluding hydrogens is 256 g/mol. The van der Waals surface area contributed by atoms with Crippen LogP contribution in [0.4, 0.5) is 10.5 Å². The fraction of sp³-hybridized carbons (Fsp3) is 0.467. The number of benzene rings is 1. The largest absolute Gasteiger partial charge is 0.478 e. The minimum Gasteiger partial charge on any atom is -0.478 e. The highest BCUT2D eigenvalue weighted by Gasteiger charge is 2.23. The van der Waals surface area contributed by atoms with Gasteiger partial charge in [0.05, 0.1) is 11.3 Å². The SMILES string of the molecule is CN(C(=O)N1CCCCCC1)c1ccccc1C(=O)O. The number of hydrogen-bond donors (Lipinski definition) is 1. The average Bonchev–Trinajstić information content (AvgIpc) is 2.74. The zero-order chi connectivity index (χ0) is 14.5. The maximum Gasteiger partial charge on any atom is 0.337 e. The van der Waals surface area contributed by atoms with E-state index in [0.717, 1.165) is 38.8 Å². The molecule has 1 aliphatic heterocycles. The summed E-state index contributed by atoms with van der Waals surface area (Å²) in [7, 11) is 1.63. The Labute approximate surface area is 118 Å². The molecule has 2 amide bonds. The van der Waals surface area contributed by atoms with Crippen LogP contribution in [0.5, 0.6) is 0 Å². The maximum absolute atomic E-state index is 12.5. The Hall–Kier alpha value is -2.04. The smallest absolute Gasteiger partial charge is 0.337 e. The standard InChI is InChI=1S/C15H20N2O3/c1-16(13-9-5-4-8-12(13)14(18)19)15(20)17-10-6-2-3-7-11-17/h4-5,8-9H,2-3,6-7,10-11H2,1H3,(H,18,19). The first-order valence-electron chi connectivity index (χ1n) is 6.96.